The Morgan fingerprint density at radius 2 is 2.16 bits per heavy atom. The zero-order valence-electron chi connectivity index (χ0n) is 11.7. The minimum absolute atomic E-state index is 0.454. The highest BCUT2D eigenvalue weighted by Gasteiger charge is 2.34. The van der Waals surface area contributed by atoms with Crippen LogP contribution in [-0.2, 0) is 18.3 Å². The lowest BCUT2D eigenvalue weighted by Crippen LogP contribution is -2.52. The molecule has 3 rings (SSSR count). The van der Waals surface area contributed by atoms with Gasteiger partial charge in [0.25, 0.3) is 0 Å². The third-order valence-corrected chi connectivity index (χ3v) is 5.49. The molecule has 0 bridgehead atoms. The van der Waals surface area contributed by atoms with Gasteiger partial charge in [-0.05, 0) is 35.7 Å². The zero-order valence-corrected chi connectivity index (χ0v) is 13.3. The first-order valence-corrected chi connectivity index (χ1v) is 7.99. The third kappa shape index (κ3) is 2.60. The van der Waals surface area contributed by atoms with Crippen LogP contribution in [0, 0.1) is 6.92 Å². The summed E-state index contributed by atoms with van der Waals surface area (Å²) in [6.45, 7) is 4.94. The summed E-state index contributed by atoms with van der Waals surface area (Å²) >= 11 is 3.67. The summed E-state index contributed by atoms with van der Waals surface area (Å²) in [5, 5.41) is 4.49. The molecule has 1 saturated heterocycles. The Hall–Kier alpha value is -0.390. The minimum Gasteiger partial charge on any atom is -0.375 e. The number of ether oxygens (including phenoxy) is 1. The molecule has 1 aromatic heterocycles. The third-order valence-electron chi connectivity index (χ3n) is 4.46. The molecule has 106 valence electrons. The van der Waals surface area contributed by atoms with Crippen molar-refractivity contribution in [3.8, 4) is 0 Å². The fourth-order valence-corrected chi connectivity index (χ4v) is 3.88. The number of hydrogen-bond donors (Lipinski definition) is 0. The highest BCUT2D eigenvalue weighted by atomic mass is 79.9. The molecule has 19 heavy (non-hydrogen) atoms. The quantitative estimate of drug-likeness (QED) is 0.836. The van der Waals surface area contributed by atoms with Crippen LogP contribution in [0.2, 0.25) is 0 Å². The van der Waals surface area contributed by atoms with E-state index in [4.69, 9.17) is 4.74 Å². The Morgan fingerprint density at radius 3 is 2.89 bits per heavy atom. The predicted octanol–water partition coefficient (Wildman–Crippen LogP) is 2.63. The molecule has 2 aliphatic rings. The van der Waals surface area contributed by atoms with Crippen LogP contribution in [0.5, 0.6) is 0 Å². The van der Waals surface area contributed by atoms with Gasteiger partial charge in [-0.1, -0.05) is 12.8 Å². The van der Waals surface area contributed by atoms with Crippen molar-refractivity contribution < 1.29 is 4.74 Å². The van der Waals surface area contributed by atoms with Gasteiger partial charge in [0, 0.05) is 26.2 Å². The number of nitrogens with zero attached hydrogens (tertiary/aromatic N) is 3. The highest BCUT2D eigenvalue weighted by molar-refractivity contribution is 9.10. The van der Waals surface area contributed by atoms with Gasteiger partial charge in [-0.15, -0.1) is 0 Å². The molecular formula is C14H22BrN3O. The molecule has 2 unspecified atom stereocenters. The first-order chi connectivity index (χ1) is 9.16. The van der Waals surface area contributed by atoms with Crippen LogP contribution in [0.4, 0.5) is 0 Å². The summed E-state index contributed by atoms with van der Waals surface area (Å²) < 4.78 is 9.11. The van der Waals surface area contributed by atoms with Crippen LogP contribution in [0.25, 0.3) is 0 Å². The normalized spacial score (nSPS) is 28.4. The molecule has 0 amide bonds. The van der Waals surface area contributed by atoms with Gasteiger partial charge >= 0.3 is 0 Å². The maximum atomic E-state index is 5.94. The topological polar surface area (TPSA) is 30.3 Å². The summed E-state index contributed by atoms with van der Waals surface area (Å²) in [4.78, 5) is 2.59. The van der Waals surface area contributed by atoms with Crippen LogP contribution in [-0.4, -0.2) is 40.0 Å². The van der Waals surface area contributed by atoms with Crippen molar-refractivity contribution in [2.75, 3.05) is 13.2 Å². The van der Waals surface area contributed by atoms with Gasteiger partial charge in [-0.2, -0.15) is 5.10 Å². The number of rotatable bonds is 2. The Kier molecular flexibility index (Phi) is 3.96. The van der Waals surface area contributed by atoms with E-state index in [1.165, 1.54) is 31.4 Å². The molecule has 1 aliphatic carbocycles. The molecule has 1 aliphatic heterocycles. The predicted molar refractivity (Wildman–Crippen MR) is 78.1 cm³/mol. The van der Waals surface area contributed by atoms with E-state index in [0.717, 1.165) is 29.9 Å². The van der Waals surface area contributed by atoms with E-state index in [1.807, 2.05) is 11.7 Å². The van der Waals surface area contributed by atoms with Gasteiger partial charge in [-0.3, -0.25) is 9.58 Å². The minimum atomic E-state index is 0.454. The Bertz CT molecular complexity index is 458. The summed E-state index contributed by atoms with van der Waals surface area (Å²) in [5.41, 5.74) is 2.36. The van der Waals surface area contributed by atoms with Crippen LogP contribution >= 0.6 is 15.9 Å². The van der Waals surface area contributed by atoms with Gasteiger partial charge in [-0.25, -0.2) is 0 Å². The Morgan fingerprint density at radius 1 is 1.37 bits per heavy atom. The van der Waals surface area contributed by atoms with E-state index in [2.05, 4.69) is 32.9 Å². The van der Waals surface area contributed by atoms with E-state index in [9.17, 15) is 0 Å². The van der Waals surface area contributed by atoms with Gasteiger partial charge in [0.2, 0.25) is 0 Å². The number of morpholine rings is 1. The van der Waals surface area contributed by atoms with Crippen molar-refractivity contribution in [2.45, 2.75) is 51.3 Å². The highest BCUT2D eigenvalue weighted by Crippen LogP contribution is 2.31. The van der Waals surface area contributed by atoms with E-state index in [0.29, 0.717) is 12.1 Å². The van der Waals surface area contributed by atoms with Gasteiger partial charge in [0.05, 0.1) is 28.6 Å². The fourth-order valence-electron chi connectivity index (χ4n) is 3.42. The number of aromatic nitrogens is 2. The molecule has 0 spiro atoms. The zero-order chi connectivity index (χ0) is 13.4. The standard InChI is InChI=1S/C14H22BrN3O/c1-10-14(15)12(17(2)16-10)9-18-7-8-19-13-6-4-3-5-11(13)18/h11,13H,3-9H2,1-2H3. The van der Waals surface area contributed by atoms with Crippen molar-refractivity contribution in [3.05, 3.63) is 15.9 Å². The van der Waals surface area contributed by atoms with Crippen molar-refractivity contribution in [1.29, 1.82) is 0 Å². The first-order valence-electron chi connectivity index (χ1n) is 7.20. The SMILES string of the molecule is Cc1nn(C)c(CN2CCOC3CCCCC32)c1Br. The molecule has 1 aromatic rings. The van der Waals surface area contributed by atoms with E-state index < -0.39 is 0 Å². The first kappa shape index (κ1) is 13.6. The van der Waals surface area contributed by atoms with Crippen molar-refractivity contribution in [2.24, 2.45) is 7.05 Å². The molecule has 0 N–H and O–H groups in total. The molecule has 5 heteroatoms. The average molecular weight is 328 g/mol. The van der Waals surface area contributed by atoms with E-state index in [-0.39, 0.29) is 0 Å². The van der Waals surface area contributed by atoms with Crippen molar-refractivity contribution >= 4 is 15.9 Å². The summed E-state index contributed by atoms with van der Waals surface area (Å²) in [7, 11) is 2.03. The molecule has 1 saturated carbocycles. The summed E-state index contributed by atoms with van der Waals surface area (Å²) in [6, 6.07) is 0.601. The lowest BCUT2D eigenvalue weighted by molar-refractivity contribution is -0.0917. The monoisotopic (exact) mass is 327 g/mol. The second-order valence-corrected chi connectivity index (χ2v) is 6.49. The molecule has 0 radical (unpaired) electrons. The maximum absolute atomic E-state index is 5.94. The maximum Gasteiger partial charge on any atom is 0.0739 e. The van der Waals surface area contributed by atoms with Gasteiger partial charge < -0.3 is 4.74 Å². The van der Waals surface area contributed by atoms with Crippen LogP contribution in [0.15, 0.2) is 4.47 Å². The number of halogens is 1. The summed E-state index contributed by atoms with van der Waals surface area (Å²) in [6.07, 6.45) is 5.62. The lowest BCUT2D eigenvalue weighted by atomic mass is 9.90. The molecule has 2 atom stereocenters. The fraction of sp³-hybridized carbons (Fsp3) is 0.786. The van der Waals surface area contributed by atoms with E-state index >= 15 is 0 Å². The van der Waals surface area contributed by atoms with Crippen molar-refractivity contribution in [1.82, 2.24) is 14.7 Å². The number of fused-ring (bicyclic) bond motifs is 1. The van der Waals surface area contributed by atoms with E-state index in [1.54, 1.807) is 0 Å². The molecule has 2 heterocycles. The lowest BCUT2D eigenvalue weighted by Gasteiger charge is -2.43. The molecular weight excluding hydrogens is 306 g/mol. The van der Waals surface area contributed by atoms with Crippen LogP contribution < -0.4 is 0 Å². The van der Waals surface area contributed by atoms with Crippen LogP contribution in [0.1, 0.15) is 37.1 Å². The Labute approximate surface area is 123 Å². The van der Waals surface area contributed by atoms with Gasteiger partial charge in [0.1, 0.15) is 0 Å². The summed E-state index contributed by atoms with van der Waals surface area (Å²) in [5.74, 6) is 0. The molecule has 2 fully saturated rings. The van der Waals surface area contributed by atoms with Gasteiger partial charge in [0.15, 0.2) is 0 Å². The largest absolute Gasteiger partial charge is 0.375 e. The molecule has 4 nitrogen and oxygen atoms in total. The number of aryl methyl sites for hydroxylation is 2. The second kappa shape index (κ2) is 5.54. The Balaban J connectivity index is 1.77. The average Bonchev–Trinajstić information content (AvgIpc) is 2.66. The van der Waals surface area contributed by atoms with Crippen LogP contribution in [0.3, 0.4) is 0 Å². The second-order valence-electron chi connectivity index (χ2n) is 5.70. The smallest absolute Gasteiger partial charge is 0.0739 e. The van der Waals surface area contributed by atoms with Crippen molar-refractivity contribution in [3.63, 3.8) is 0 Å². The molecule has 0 aromatic carbocycles. The number of hydrogen-bond acceptors (Lipinski definition) is 3.